The summed E-state index contributed by atoms with van der Waals surface area (Å²) in [6.45, 7) is 1.89. The maximum Gasteiger partial charge on any atom is 0.276 e. The third kappa shape index (κ3) is 3.88. The molecule has 0 atom stereocenters. The maximum atomic E-state index is 11.9. The standard InChI is InChI=1S/C13H12BrN3O2S/c1-10-5-7-12(8-6-10)20(18,19)17-15-9-11-3-2-4-13(14)16-11/h2-9,17H,1H3. The molecule has 1 heterocycles. The largest absolute Gasteiger partial charge is 0.276 e. The molecule has 0 aliphatic rings. The Kier molecular flexibility index (Phi) is 4.51. The molecule has 0 saturated heterocycles. The van der Waals surface area contributed by atoms with Crippen LogP contribution in [0.3, 0.4) is 0 Å². The summed E-state index contributed by atoms with van der Waals surface area (Å²) in [6, 6.07) is 11.8. The first kappa shape index (κ1) is 14.7. The average Bonchev–Trinajstić information content (AvgIpc) is 2.39. The topological polar surface area (TPSA) is 71.4 Å². The van der Waals surface area contributed by atoms with Crippen molar-refractivity contribution in [3.05, 3.63) is 58.3 Å². The van der Waals surface area contributed by atoms with Crippen molar-refractivity contribution in [2.24, 2.45) is 5.10 Å². The number of halogens is 1. The van der Waals surface area contributed by atoms with Crippen LogP contribution in [-0.2, 0) is 10.0 Å². The number of aromatic nitrogens is 1. The fraction of sp³-hybridized carbons (Fsp3) is 0.0769. The molecule has 0 amide bonds. The molecule has 5 nitrogen and oxygen atoms in total. The molecule has 0 aliphatic heterocycles. The Morgan fingerprint density at radius 3 is 2.55 bits per heavy atom. The van der Waals surface area contributed by atoms with Gasteiger partial charge in [-0.15, -0.1) is 0 Å². The highest BCUT2D eigenvalue weighted by molar-refractivity contribution is 9.10. The Labute approximate surface area is 125 Å². The van der Waals surface area contributed by atoms with Crippen molar-refractivity contribution in [3.63, 3.8) is 0 Å². The minimum Gasteiger partial charge on any atom is -0.240 e. The summed E-state index contributed by atoms with van der Waals surface area (Å²) < 4.78 is 24.5. The smallest absolute Gasteiger partial charge is 0.240 e. The zero-order valence-electron chi connectivity index (χ0n) is 10.6. The molecule has 0 unspecified atom stereocenters. The highest BCUT2D eigenvalue weighted by Crippen LogP contribution is 2.09. The number of aryl methyl sites for hydroxylation is 1. The van der Waals surface area contributed by atoms with E-state index in [1.165, 1.54) is 18.3 Å². The number of hydrazone groups is 1. The van der Waals surface area contributed by atoms with Crippen LogP contribution in [0.25, 0.3) is 0 Å². The molecule has 1 aromatic heterocycles. The van der Waals surface area contributed by atoms with Gasteiger partial charge in [0, 0.05) is 0 Å². The first-order valence-electron chi connectivity index (χ1n) is 5.71. The number of sulfonamides is 1. The molecule has 0 aliphatic carbocycles. The first-order valence-corrected chi connectivity index (χ1v) is 7.99. The van der Waals surface area contributed by atoms with E-state index in [1.807, 2.05) is 6.92 Å². The zero-order chi connectivity index (χ0) is 14.6. The lowest BCUT2D eigenvalue weighted by molar-refractivity contribution is 0.584. The molecular formula is C13H12BrN3O2S. The third-order valence-corrected chi connectivity index (χ3v) is 4.12. The van der Waals surface area contributed by atoms with Crippen LogP contribution < -0.4 is 4.83 Å². The van der Waals surface area contributed by atoms with Crippen LogP contribution in [0.5, 0.6) is 0 Å². The van der Waals surface area contributed by atoms with Crippen molar-refractivity contribution in [2.45, 2.75) is 11.8 Å². The molecule has 1 N–H and O–H groups in total. The van der Waals surface area contributed by atoms with Crippen LogP contribution in [0.1, 0.15) is 11.3 Å². The fourth-order valence-corrected chi connectivity index (χ4v) is 2.58. The summed E-state index contributed by atoms with van der Waals surface area (Å²) in [4.78, 5) is 6.43. The van der Waals surface area contributed by atoms with E-state index in [0.717, 1.165) is 5.56 Å². The van der Waals surface area contributed by atoms with Gasteiger partial charge in [-0.2, -0.15) is 13.5 Å². The van der Waals surface area contributed by atoms with Gasteiger partial charge in [0.25, 0.3) is 10.0 Å². The van der Waals surface area contributed by atoms with E-state index in [2.05, 4.69) is 30.8 Å². The molecule has 1 aromatic carbocycles. The molecule has 0 bridgehead atoms. The molecular weight excluding hydrogens is 342 g/mol. The van der Waals surface area contributed by atoms with Crippen molar-refractivity contribution in [1.82, 2.24) is 9.82 Å². The van der Waals surface area contributed by atoms with Crippen LogP contribution >= 0.6 is 15.9 Å². The van der Waals surface area contributed by atoms with Crippen LogP contribution in [0.4, 0.5) is 0 Å². The molecule has 0 saturated carbocycles. The Bertz CT molecular complexity index is 728. The van der Waals surface area contributed by atoms with Crippen molar-refractivity contribution in [1.29, 1.82) is 0 Å². The van der Waals surface area contributed by atoms with Crippen LogP contribution in [-0.4, -0.2) is 19.6 Å². The van der Waals surface area contributed by atoms with E-state index in [-0.39, 0.29) is 4.90 Å². The zero-order valence-corrected chi connectivity index (χ0v) is 13.0. The van der Waals surface area contributed by atoms with Gasteiger partial charge >= 0.3 is 0 Å². The summed E-state index contributed by atoms with van der Waals surface area (Å²) in [5.41, 5.74) is 1.54. The molecule has 2 rings (SSSR count). The van der Waals surface area contributed by atoms with Crippen LogP contribution in [0.2, 0.25) is 0 Å². The lowest BCUT2D eigenvalue weighted by atomic mass is 10.2. The van der Waals surface area contributed by atoms with E-state index >= 15 is 0 Å². The van der Waals surface area contributed by atoms with Crippen molar-refractivity contribution >= 4 is 32.2 Å². The second-order valence-corrected chi connectivity index (χ2v) is 6.52. The monoisotopic (exact) mass is 353 g/mol. The molecule has 0 fully saturated rings. The van der Waals surface area contributed by atoms with E-state index in [0.29, 0.717) is 10.3 Å². The number of pyridine rings is 1. The van der Waals surface area contributed by atoms with E-state index in [4.69, 9.17) is 0 Å². The van der Waals surface area contributed by atoms with Gasteiger partial charge in [-0.3, -0.25) is 0 Å². The predicted octanol–water partition coefficient (Wildman–Crippen LogP) is 2.46. The van der Waals surface area contributed by atoms with E-state index in [9.17, 15) is 8.42 Å². The van der Waals surface area contributed by atoms with Gasteiger partial charge in [-0.1, -0.05) is 23.8 Å². The highest BCUT2D eigenvalue weighted by atomic mass is 79.9. The van der Waals surface area contributed by atoms with Crippen LogP contribution in [0, 0.1) is 6.92 Å². The minimum atomic E-state index is -3.64. The number of hydrogen-bond acceptors (Lipinski definition) is 4. The Hall–Kier alpha value is -1.73. The molecule has 20 heavy (non-hydrogen) atoms. The molecule has 0 spiro atoms. The summed E-state index contributed by atoms with van der Waals surface area (Å²) >= 11 is 3.23. The van der Waals surface area contributed by atoms with Gasteiger partial charge in [0.05, 0.1) is 16.8 Å². The van der Waals surface area contributed by atoms with E-state index in [1.54, 1.807) is 30.3 Å². The number of rotatable bonds is 4. The number of nitrogens with one attached hydrogen (secondary N) is 1. The maximum absolute atomic E-state index is 11.9. The Morgan fingerprint density at radius 1 is 1.20 bits per heavy atom. The summed E-state index contributed by atoms with van der Waals surface area (Å²) in [5, 5.41) is 3.71. The van der Waals surface area contributed by atoms with Gasteiger partial charge in [-0.25, -0.2) is 9.82 Å². The highest BCUT2D eigenvalue weighted by Gasteiger charge is 2.11. The summed E-state index contributed by atoms with van der Waals surface area (Å²) in [5.74, 6) is 0. The van der Waals surface area contributed by atoms with Crippen molar-refractivity contribution in [3.8, 4) is 0 Å². The molecule has 2 aromatic rings. The summed E-state index contributed by atoms with van der Waals surface area (Å²) in [6.07, 6.45) is 1.34. The SMILES string of the molecule is Cc1ccc(S(=O)(=O)NN=Cc2cccc(Br)n2)cc1. The lowest BCUT2D eigenvalue weighted by Gasteiger charge is -2.03. The molecule has 104 valence electrons. The Morgan fingerprint density at radius 2 is 1.90 bits per heavy atom. The van der Waals surface area contributed by atoms with Gasteiger partial charge in [0.15, 0.2) is 0 Å². The minimum absolute atomic E-state index is 0.169. The number of nitrogens with zero attached hydrogens (tertiary/aromatic N) is 2. The van der Waals surface area contributed by atoms with Crippen molar-refractivity contribution in [2.75, 3.05) is 0 Å². The van der Waals surface area contributed by atoms with Gasteiger partial charge in [0.1, 0.15) is 4.60 Å². The Balaban J connectivity index is 2.11. The van der Waals surface area contributed by atoms with E-state index < -0.39 is 10.0 Å². The quantitative estimate of drug-likeness (QED) is 0.521. The fourth-order valence-electron chi connectivity index (χ4n) is 1.43. The second-order valence-electron chi connectivity index (χ2n) is 4.05. The third-order valence-electron chi connectivity index (χ3n) is 2.44. The number of hydrogen-bond donors (Lipinski definition) is 1. The summed E-state index contributed by atoms with van der Waals surface area (Å²) in [7, 11) is -3.64. The molecule has 7 heteroatoms. The number of benzene rings is 1. The van der Waals surface area contributed by atoms with Crippen molar-refractivity contribution < 1.29 is 8.42 Å². The lowest BCUT2D eigenvalue weighted by Crippen LogP contribution is -2.18. The second kappa shape index (κ2) is 6.15. The normalized spacial score (nSPS) is 11.7. The first-order chi connectivity index (χ1) is 9.47. The van der Waals surface area contributed by atoms with Crippen LogP contribution in [0.15, 0.2) is 57.1 Å². The van der Waals surface area contributed by atoms with Gasteiger partial charge in [-0.05, 0) is 47.1 Å². The average molecular weight is 354 g/mol. The predicted molar refractivity (Wildman–Crippen MR) is 81.0 cm³/mol. The van der Waals surface area contributed by atoms with Gasteiger partial charge in [0.2, 0.25) is 0 Å². The van der Waals surface area contributed by atoms with Gasteiger partial charge < -0.3 is 0 Å². The molecule has 0 radical (unpaired) electrons.